The first kappa shape index (κ1) is 38.5. The van der Waals surface area contributed by atoms with Crippen LogP contribution in [-0.2, 0) is 36.7 Å². The Hall–Kier alpha value is -4.76. The Bertz CT molecular complexity index is 1920. The largest absolute Gasteiger partial charge is 0.494 e. The number of hydrogen-bond donors (Lipinski definition) is 2. The van der Waals surface area contributed by atoms with Gasteiger partial charge in [0.2, 0.25) is 12.7 Å². The van der Waals surface area contributed by atoms with Gasteiger partial charge in [0.1, 0.15) is 23.6 Å². The maximum Gasteiger partial charge on any atom is 0.494 e. The van der Waals surface area contributed by atoms with Crippen molar-refractivity contribution < 1.29 is 42.6 Å². The summed E-state index contributed by atoms with van der Waals surface area (Å²) in [5, 5.41) is 2.82. The van der Waals surface area contributed by atoms with Gasteiger partial charge in [0.15, 0.2) is 11.5 Å². The van der Waals surface area contributed by atoms with Crippen LogP contribution in [0.4, 0.5) is 9.59 Å². The molecule has 1 unspecified atom stereocenters. The lowest BCUT2D eigenvalue weighted by Crippen LogP contribution is -2.55. The number of carbonyl (C=O) groups excluding carboxylic acids is 3. The standard InChI is InChI=1S/C40H52BN5O9/c1-37(2,3)32(44-35(48)53-38(4,5)6)34(47)46-21-27(52-36(49)45-19-24-15-30-31(51-22-50-30)16-25(24)20-45)17-29(46)33-42-18-28(43-33)23-11-13-26(14-12-23)41-54-39(7,8)40(9,10)55-41/h11-16,18,27,29,32H,17,19-22H2,1-10H3,(H,42,43)(H,44,48)/t27-,29+,32?/m1/s1. The maximum atomic E-state index is 14.6. The number of rotatable bonds is 6. The van der Waals surface area contributed by atoms with Crippen LogP contribution >= 0.6 is 0 Å². The predicted molar refractivity (Wildman–Crippen MR) is 204 cm³/mol. The van der Waals surface area contributed by atoms with Crippen LogP contribution in [0.5, 0.6) is 11.5 Å². The van der Waals surface area contributed by atoms with Crippen molar-refractivity contribution in [1.82, 2.24) is 25.1 Å². The summed E-state index contributed by atoms with van der Waals surface area (Å²) in [5.41, 5.74) is 2.12. The number of likely N-dealkylation sites (tertiary alicyclic amines) is 1. The summed E-state index contributed by atoms with van der Waals surface area (Å²) in [6.45, 7) is 20.0. The van der Waals surface area contributed by atoms with Crippen molar-refractivity contribution in [3.8, 4) is 22.8 Å². The molecule has 294 valence electrons. The number of hydrogen-bond acceptors (Lipinski definition) is 10. The lowest BCUT2D eigenvalue weighted by Gasteiger charge is -2.35. The third-order valence-electron chi connectivity index (χ3n) is 10.9. The molecule has 15 heteroatoms. The Morgan fingerprint density at radius 3 is 2.11 bits per heavy atom. The van der Waals surface area contributed by atoms with Crippen LogP contribution in [-0.4, -0.2) is 87.3 Å². The average Bonchev–Trinajstić information content (AvgIpc) is 3.91. The number of fused-ring (bicyclic) bond motifs is 2. The van der Waals surface area contributed by atoms with E-state index in [4.69, 9.17) is 33.2 Å². The summed E-state index contributed by atoms with van der Waals surface area (Å²) in [7, 11) is -0.488. The second-order valence-electron chi connectivity index (χ2n) is 17.9. The van der Waals surface area contributed by atoms with E-state index in [1.807, 2.05) is 84.9 Å². The monoisotopic (exact) mass is 757 g/mol. The van der Waals surface area contributed by atoms with Crippen LogP contribution in [0.25, 0.3) is 11.3 Å². The fourth-order valence-corrected chi connectivity index (χ4v) is 7.21. The Kier molecular flexibility index (Phi) is 9.64. The zero-order chi connectivity index (χ0) is 39.7. The molecule has 3 amide bonds. The van der Waals surface area contributed by atoms with E-state index in [2.05, 4.69) is 10.3 Å². The number of aromatic nitrogens is 2. The average molecular weight is 758 g/mol. The van der Waals surface area contributed by atoms with Crippen molar-refractivity contribution >= 4 is 30.7 Å². The van der Waals surface area contributed by atoms with E-state index in [-0.39, 0.29) is 19.2 Å². The minimum absolute atomic E-state index is 0.105. The number of ether oxygens (including phenoxy) is 4. The molecule has 4 aliphatic rings. The van der Waals surface area contributed by atoms with Crippen LogP contribution in [0.15, 0.2) is 42.6 Å². The van der Waals surface area contributed by atoms with E-state index in [1.54, 1.807) is 36.8 Å². The minimum Gasteiger partial charge on any atom is -0.454 e. The number of H-pyrrole nitrogens is 1. The lowest BCUT2D eigenvalue weighted by molar-refractivity contribution is -0.137. The third kappa shape index (κ3) is 7.86. The molecule has 0 radical (unpaired) electrons. The Labute approximate surface area is 322 Å². The molecule has 0 bridgehead atoms. The molecule has 2 N–H and O–H groups in total. The molecule has 2 aromatic carbocycles. The molecule has 55 heavy (non-hydrogen) atoms. The molecule has 3 aromatic rings. The minimum atomic E-state index is -0.948. The SMILES string of the molecule is CC(C)(C)OC(=O)NC(C(=O)N1C[C@H](OC(=O)N2Cc3cc4c(cc3C2)OCO4)C[C@H]1c1ncc(-c2ccc(B3OC(C)(C)C(C)(C)O3)cc2)[nH]1)C(C)(C)C. The zero-order valence-corrected chi connectivity index (χ0v) is 33.4. The van der Waals surface area contributed by atoms with Crippen molar-refractivity contribution in [2.24, 2.45) is 5.41 Å². The molecule has 2 saturated heterocycles. The van der Waals surface area contributed by atoms with Gasteiger partial charge in [-0.15, -0.1) is 0 Å². The summed E-state index contributed by atoms with van der Waals surface area (Å²) in [6, 6.07) is 10.2. The van der Waals surface area contributed by atoms with Gasteiger partial charge in [0.05, 0.1) is 35.7 Å². The number of alkyl carbamates (subject to hydrolysis) is 1. The van der Waals surface area contributed by atoms with Crippen molar-refractivity contribution in [1.29, 1.82) is 0 Å². The topological polar surface area (TPSA) is 154 Å². The van der Waals surface area contributed by atoms with Gasteiger partial charge in [-0.3, -0.25) is 9.69 Å². The van der Waals surface area contributed by atoms with Gasteiger partial charge in [-0.25, -0.2) is 14.6 Å². The van der Waals surface area contributed by atoms with E-state index >= 15 is 0 Å². The van der Waals surface area contributed by atoms with Crippen LogP contribution in [0.1, 0.15) is 98.7 Å². The molecular weight excluding hydrogens is 705 g/mol. The number of imidazole rings is 1. The fraction of sp³-hybridized carbons (Fsp3) is 0.550. The molecule has 7 rings (SSSR count). The summed E-state index contributed by atoms with van der Waals surface area (Å²) in [6.07, 6.45) is 0.201. The molecule has 5 heterocycles. The Morgan fingerprint density at radius 1 is 0.945 bits per heavy atom. The molecule has 0 aliphatic carbocycles. The van der Waals surface area contributed by atoms with Crippen LogP contribution in [0.3, 0.4) is 0 Å². The number of amides is 3. The second kappa shape index (κ2) is 13.8. The smallest absolute Gasteiger partial charge is 0.454 e. The molecule has 4 aliphatic heterocycles. The van der Waals surface area contributed by atoms with Crippen LogP contribution < -0.4 is 20.3 Å². The van der Waals surface area contributed by atoms with Gasteiger partial charge in [-0.2, -0.15) is 0 Å². The number of nitrogens with zero attached hydrogens (tertiary/aromatic N) is 3. The molecular formula is C40H52BN5O9. The quantitative estimate of drug-likeness (QED) is 0.294. The van der Waals surface area contributed by atoms with Crippen molar-refractivity contribution in [2.45, 2.75) is 124 Å². The molecule has 2 fully saturated rings. The van der Waals surface area contributed by atoms with Crippen LogP contribution in [0.2, 0.25) is 0 Å². The van der Waals surface area contributed by atoms with Crippen molar-refractivity contribution in [3.05, 3.63) is 59.5 Å². The molecule has 14 nitrogen and oxygen atoms in total. The first-order valence-electron chi connectivity index (χ1n) is 18.9. The summed E-state index contributed by atoms with van der Waals surface area (Å²) in [4.78, 5) is 52.6. The highest BCUT2D eigenvalue weighted by Crippen LogP contribution is 2.40. The highest BCUT2D eigenvalue weighted by molar-refractivity contribution is 6.62. The fourth-order valence-electron chi connectivity index (χ4n) is 7.21. The number of carbonyl (C=O) groups is 3. The predicted octanol–water partition coefficient (Wildman–Crippen LogP) is 5.84. The van der Waals surface area contributed by atoms with E-state index in [9.17, 15) is 14.4 Å². The van der Waals surface area contributed by atoms with Gasteiger partial charge >= 0.3 is 19.3 Å². The molecule has 1 aromatic heterocycles. The number of aromatic amines is 1. The van der Waals surface area contributed by atoms with E-state index < -0.39 is 59.7 Å². The highest BCUT2D eigenvalue weighted by Gasteiger charge is 2.52. The van der Waals surface area contributed by atoms with E-state index in [0.29, 0.717) is 36.8 Å². The Morgan fingerprint density at radius 2 is 1.55 bits per heavy atom. The highest BCUT2D eigenvalue weighted by atomic mass is 16.7. The first-order valence-corrected chi connectivity index (χ1v) is 18.9. The van der Waals surface area contributed by atoms with E-state index in [1.165, 1.54) is 0 Å². The van der Waals surface area contributed by atoms with Gasteiger partial charge < -0.3 is 43.5 Å². The molecule has 3 atom stereocenters. The van der Waals surface area contributed by atoms with E-state index in [0.717, 1.165) is 27.8 Å². The number of benzene rings is 2. The first-order chi connectivity index (χ1) is 25.7. The zero-order valence-electron chi connectivity index (χ0n) is 33.4. The van der Waals surface area contributed by atoms with Gasteiger partial charge in [-0.1, -0.05) is 45.0 Å². The second-order valence-corrected chi connectivity index (χ2v) is 17.9. The van der Waals surface area contributed by atoms with Gasteiger partial charge in [0.25, 0.3) is 0 Å². The molecule has 0 saturated carbocycles. The van der Waals surface area contributed by atoms with Crippen LogP contribution in [0, 0.1) is 5.41 Å². The summed E-state index contributed by atoms with van der Waals surface area (Å²) >= 11 is 0. The van der Waals surface area contributed by atoms with Gasteiger partial charge in [-0.05, 0) is 88.2 Å². The summed E-state index contributed by atoms with van der Waals surface area (Å²) < 4.78 is 35.2. The molecule has 0 spiro atoms. The van der Waals surface area contributed by atoms with Crippen molar-refractivity contribution in [2.75, 3.05) is 13.3 Å². The maximum absolute atomic E-state index is 14.6. The van der Waals surface area contributed by atoms with Crippen molar-refractivity contribution in [3.63, 3.8) is 0 Å². The third-order valence-corrected chi connectivity index (χ3v) is 10.9. The Balaban J connectivity index is 1.11. The summed E-state index contributed by atoms with van der Waals surface area (Å²) in [5.74, 6) is 1.52. The number of nitrogens with one attached hydrogen (secondary N) is 2. The normalized spacial score (nSPS) is 21.7. The van der Waals surface area contributed by atoms with Gasteiger partial charge in [0, 0.05) is 19.5 Å². The lowest BCUT2D eigenvalue weighted by atomic mass is 9.79.